The summed E-state index contributed by atoms with van der Waals surface area (Å²) in [5, 5.41) is 0. The molecule has 84 valence electrons. The minimum Gasteiger partial charge on any atom is -0.490 e. The Morgan fingerprint density at radius 2 is 2.00 bits per heavy atom. The SMILES string of the molecule is CC(=O)C1=C(C)OC(c2ccccc2)CC1. The van der Waals surface area contributed by atoms with E-state index in [0.717, 1.165) is 24.2 Å². The average Bonchev–Trinajstić information content (AvgIpc) is 2.29. The first-order valence-electron chi connectivity index (χ1n) is 5.61. The van der Waals surface area contributed by atoms with E-state index in [1.807, 2.05) is 25.1 Å². The summed E-state index contributed by atoms with van der Waals surface area (Å²) in [4.78, 5) is 11.3. The van der Waals surface area contributed by atoms with E-state index in [-0.39, 0.29) is 11.9 Å². The lowest BCUT2D eigenvalue weighted by Gasteiger charge is -2.26. The fraction of sp³-hybridized carbons (Fsp3) is 0.357. The highest BCUT2D eigenvalue weighted by Crippen LogP contribution is 2.33. The number of carbonyl (C=O) groups is 1. The van der Waals surface area contributed by atoms with Crippen LogP contribution >= 0.6 is 0 Å². The lowest BCUT2D eigenvalue weighted by Crippen LogP contribution is -2.14. The van der Waals surface area contributed by atoms with Gasteiger partial charge in [-0.2, -0.15) is 0 Å². The highest BCUT2D eigenvalue weighted by Gasteiger charge is 2.22. The molecular weight excluding hydrogens is 200 g/mol. The summed E-state index contributed by atoms with van der Waals surface area (Å²) in [7, 11) is 0. The van der Waals surface area contributed by atoms with Gasteiger partial charge in [-0.3, -0.25) is 4.79 Å². The van der Waals surface area contributed by atoms with Crippen LogP contribution in [-0.4, -0.2) is 5.78 Å². The van der Waals surface area contributed by atoms with Crippen LogP contribution in [0.15, 0.2) is 41.7 Å². The summed E-state index contributed by atoms with van der Waals surface area (Å²) in [6.07, 6.45) is 1.81. The molecule has 16 heavy (non-hydrogen) atoms. The van der Waals surface area contributed by atoms with Crippen molar-refractivity contribution in [2.45, 2.75) is 32.8 Å². The Morgan fingerprint density at radius 1 is 1.31 bits per heavy atom. The molecule has 2 nitrogen and oxygen atoms in total. The third-order valence-corrected chi connectivity index (χ3v) is 3.00. The summed E-state index contributed by atoms with van der Waals surface area (Å²) in [6, 6.07) is 10.2. The van der Waals surface area contributed by atoms with Crippen molar-refractivity contribution in [1.82, 2.24) is 0 Å². The average molecular weight is 216 g/mol. The summed E-state index contributed by atoms with van der Waals surface area (Å²) in [5.74, 6) is 0.914. The van der Waals surface area contributed by atoms with Crippen molar-refractivity contribution in [2.24, 2.45) is 0 Å². The highest BCUT2D eigenvalue weighted by atomic mass is 16.5. The molecule has 0 bridgehead atoms. The zero-order valence-electron chi connectivity index (χ0n) is 9.69. The van der Waals surface area contributed by atoms with E-state index in [1.165, 1.54) is 5.56 Å². The van der Waals surface area contributed by atoms with Crippen LogP contribution in [-0.2, 0) is 9.53 Å². The first-order valence-corrected chi connectivity index (χ1v) is 5.61. The van der Waals surface area contributed by atoms with Crippen molar-refractivity contribution in [3.8, 4) is 0 Å². The number of rotatable bonds is 2. The van der Waals surface area contributed by atoms with Crippen LogP contribution < -0.4 is 0 Å². The number of Topliss-reactive ketones (excluding diaryl/α,β-unsaturated/α-hetero) is 1. The molecular formula is C14H16O2. The molecule has 1 aliphatic heterocycles. The first-order chi connectivity index (χ1) is 7.68. The van der Waals surface area contributed by atoms with Gasteiger partial charge in [0.05, 0.1) is 0 Å². The molecule has 0 fully saturated rings. The van der Waals surface area contributed by atoms with Gasteiger partial charge in [0.2, 0.25) is 0 Å². The van der Waals surface area contributed by atoms with Gasteiger partial charge in [-0.25, -0.2) is 0 Å². The predicted molar refractivity (Wildman–Crippen MR) is 62.9 cm³/mol. The molecule has 0 saturated heterocycles. The van der Waals surface area contributed by atoms with E-state index in [0.29, 0.717) is 0 Å². The predicted octanol–water partition coefficient (Wildman–Crippen LogP) is 3.40. The van der Waals surface area contributed by atoms with Crippen molar-refractivity contribution in [3.05, 3.63) is 47.2 Å². The van der Waals surface area contributed by atoms with Gasteiger partial charge < -0.3 is 4.74 Å². The van der Waals surface area contributed by atoms with Crippen LogP contribution in [0.3, 0.4) is 0 Å². The third-order valence-electron chi connectivity index (χ3n) is 3.00. The van der Waals surface area contributed by atoms with Gasteiger partial charge in [0.1, 0.15) is 11.9 Å². The molecule has 0 amide bonds. The second-order valence-corrected chi connectivity index (χ2v) is 4.15. The van der Waals surface area contributed by atoms with Crippen molar-refractivity contribution in [1.29, 1.82) is 0 Å². The Bertz CT molecular complexity index is 418. The zero-order valence-corrected chi connectivity index (χ0v) is 9.69. The van der Waals surface area contributed by atoms with Crippen LogP contribution in [0.25, 0.3) is 0 Å². The molecule has 1 aromatic rings. The third kappa shape index (κ3) is 2.16. The smallest absolute Gasteiger partial charge is 0.159 e. The maximum atomic E-state index is 11.3. The molecule has 1 heterocycles. The molecule has 2 heteroatoms. The second kappa shape index (κ2) is 4.52. The first kappa shape index (κ1) is 10.9. The summed E-state index contributed by atoms with van der Waals surface area (Å²) < 4.78 is 5.81. The zero-order chi connectivity index (χ0) is 11.5. The standard InChI is InChI=1S/C14H16O2/c1-10(15)13-8-9-14(16-11(13)2)12-6-4-3-5-7-12/h3-7,14H,8-9H2,1-2H3. The number of carbonyl (C=O) groups excluding carboxylic acids is 1. The van der Waals surface area contributed by atoms with Gasteiger partial charge in [0.15, 0.2) is 5.78 Å². The number of allylic oxidation sites excluding steroid dienone is 2. The van der Waals surface area contributed by atoms with Gasteiger partial charge in [-0.1, -0.05) is 30.3 Å². The Kier molecular flexibility index (Phi) is 3.09. The molecule has 0 aromatic heterocycles. The van der Waals surface area contributed by atoms with E-state index in [1.54, 1.807) is 6.92 Å². The van der Waals surface area contributed by atoms with Gasteiger partial charge in [0, 0.05) is 5.57 Å². The molecule has 1 unspecified atom stereocenters. The number of hydrogen-bond donors (Lipinski definition) is 0. The van der Waals surface area contributed by atoms with Gasteiger partial charge in [-0.15, -0.1) is 0 Å². The van der Waals surface area contributed by atoms with Gasteiger partial charge in [0.25, 0.3) is 0 Å². The van der Waals surface area contributed by atoms with Crippen LogP contribution in [0.5, 0.6) is 0 Å². The Labute approximate surface area is 95.9 Å². The largest absolute Gasteiger partial charge is 0.490 e. The van der Waals surface area contributed by atoms with E-state index >= 15 is 0 Å². The molecule has 1 atom stereocenters. The summed E-state index contributed by atoms with van der Waals surface area (Å²) in [6.45, 7) is 3.48. The Morgan fingerprint density at radius 3 is 2.56 bits per heavy atom. The molecule has 1 aromatic carbocycles. The van der Waals surface area contributed by atoms with Gasteiger partial charge >= 0.3 is 0 Å². The number of benzene rings is 1. The molecule has 1 aliphatic rings. The van der Waals surface area contributed by atoms with Crippen LogP contribution in [0.4, 0.5) is 0 Å². The molecule has 2 rings (SSSR count). The van der Waals surface area contributed by atoms with E-state index in [4.69, 9.17) is 4.74 Å². The number of ketones is 1. The van der Waals surface area contributed by atoms with E-state index < -0.39 is 0 Å². The normalized spacial score (nSPS) is 20.5. The minimum absolute atomic E-state index is 0.101. The number of hydrogen-bond acceptors (Lipinski definition) is 2. The van der Waals surface area contributed by atoms with E-state index in [9.17, 15) is 4.79 Å². The van der Waals surface area contributed by atoms with Crippen LogP contribution in [0.1, 0.15) is 38.4 Å². The number of ether oxygens (including phenoxy) is 1. The van der Waals surface area contributed by atoms with Crippen LogP contribution in [0.2, 0.25) is 0 Å². The lowest BCUT2D eigenvalue weighted by atomic mass is 9.96. The van der Waals surface area contributed by atoms with Gasteiger partial charge in [-0.05, 0) is 32.3 Å². The maximum Gasteiger partial charge on any atom is 0.159 e. The highest BCUT2D eigenvalue weighted by molar-refractivity contribution is 5.93. The van der Waals surface area contributed by atoms with Crippen molar-refractivity contribution >= 4 is 5.78 Å². The molecule has 0 saturated carbocycles. The summed E-state index contributed by atoms with van der Waals surface area (Å²) >= 11 is 0. The Hall–Kier alpha value is -1.57. The molecule has 0 N–H and O–H groups in total. The fourth-order valence-corrected chi connectivity index (χ4v) is 2.12. The lowest BCUT2D eigenvalue weighted by molar-refractivity contribution is -0.114. The van der Waals surface area contributed by atoms with Crippen molar-refractivity contribution in [2.75, 3.05) is 0 Å². The van der Waals surface area contributed by atoms with Crippen molar-refractivity contribution < 1.29 is 9.53 Å². The quantitative estimate of drug-likeness (QED) is 0.757. The molecule has 0 spiro atoms. The van der Waals surface area contributed by atoms with Crippen molar-refractivity contribution in [3.63, 3.8) is 0 Å². The second-order valence-electron chi connectivity index (χ2n) is 4.15. The molecule has 0 aliphatic carbocycles. The molecule has 0 radical (unpaired) electrons. The fourth-order valence-electron chi connectivity index (χ4n) is 2.12. The minimum atomic E-state index is 0.101. The Balaban J connectivity index is 2.18. The maximum absolute atomic E-state index is 11.3. The monoisotopic (exact) mass is 216 g/mol. The topological polar surface area (TPSA) is 26.3 Å². The van der Waals surface area contributed by atoms with E-state index in [2.05, 4.69) is 12.1 Å². The van der Waals surface area contributed by atoms with Crippen LogP contribution in [0, 0.1) is 0 Å². The summed E-state index contributed by atoms with van der Waals surface area (Å²) in [5.41, 5.74) is 2.02.